The summed E-state index contributed by atoms with van der Waals surface area (Å²) in [7, 11) is 1.39. The van der Waals surface area contributed by atoms with Gasteiger partial charge >= 0.3 is 12.1 Å². The Kier molecular flexibility index (Phi) is 10.9. The smallest absolute Gasteiger partial charge is 0.409 e. The number of aromatic nitrogens is 4. The van der Waals surface area contributed by atoms with Crippen molar-refractivity contribution in [3.8, 4) is 11.4 Å². The van der Waals surface area contributed by atoms with Gasteiger partial charge in [-0.15, -0.1) is 5.10 Å². The SMILES string of the molecule is COC(=O)N1CCC(CCOc2cccc3c2CCN(C(=O)/C=C/c2cc(Cl)ccc2-n2cnnn2)C3C(=O)Nc2ccc(C(=O)O)cc2)CC1. The van der Waals surface area contributed by atoms with Crippen molar-refractivity contribution in [2.24, 2.45) is 5.92 Å². The van der Waals surface area contributed by atoms with E-state index >= 15 is 0 Å². The molecule has 6 rings (SSSR count). The Hall–Kier alpha value is -5.76. The number of nitrogens with one attached hydrogen (secondary N) is 1. The third kappa shape index (κ3) is 8.18. The van der Waals surface area contributed by atoms with Gasteiger partial charge in [0.1, 0.15) is 18.1 Å². The zero-order chi connectivity index (χ0) is 35.9. The number of methoxy groups -OCH3 is 1. The lowest BCUT2D eigenvalue weighted by Crippen LogP contribution is -2.44. The first-order valence-electron chi connectivity index (χ1n) is 16.4. The number of amides is 3. The summed E-state index contributed by atoms with van der Waals surface area (Å²) in [5.41, 5.74) is 3.12. The molecule has 1 aromatic heterocycles. The van der Waals surface area contributed by atoms with Crippen LogP contribution in [0.2, 0.25) is 5.02 Å². The van der Waals surface area contributed by atoms with Gasteiger partial charge in [-0.05, 0) is 102 Å². The molecule has 0 radical (unpaired) electrons. The van der Waals surface area contributed by atoms with Crippen molar-refractivity contribution in [2.75, 3.05) is 38.7 Å². The van der Waals surface area contributed by atoms with E-state index in [1.165, 1.54) is 53.4 Å². The molecular weight excluding hydrogens is 678 g/mol. The Labute approximate surface area is 298 Å². The summed E-state index contributed by atoms with van der Waals surface area (Å²) in [4.78, 5) is 54.4. The summed E-state index contributed by atoms with van der Waals surface area (Å²) in [5, 5.41) is 23.9. The fourth-order valence-electron chi connectivity index (χ4n) is 6.46. The molecule has 1 fully saturated rings. The molecule has 3 heterocycles. The number of hydrogen-bond acceptors (Lipinski definition) is 9. The first kappa shape index (κ1) is 35.1. The maximum atomic E-state index is 14.1. The molecule has 15 heteroatoms. The van der Waals surface area contributed by atoms with Crippen molar-refractivity contribution in [1.82, 2.24) is 30.0 Å². The Morgan fingerprint density at radius 2 is 1.82 bits per heavy atom. The number of anilines is 1. The number of piperidine rings is 1. The fraction of sp³-hybridized carbons (Fsp3) is 0.306. The molecule has 51 heavy (non-hydrogen) atoms. The number of carbonyl (C=O) groups excluding carboxylic acids is 3. The van der Waals surface area contributed by atoms with E-state index in [1.54, 1.807) is 35.2 Å². The van der Waals surface area contributed by atoms with E-state index in [2.05, 4.69) is 20.8 Å². The van der Waals surface area contributed by atoms with Crippen LogP contribution in [-0.2, 0) is 20.7 Å². The average Bonchev–Trinajstić information content (AvgIpc) is 3.68. The van der Waals surface area contributed by atoms with E-state index in [-0.39, 0.29) is 18.2 Å². The molecule has 2 aliphatic rings. The highest BCUT2D eigenvalue weighted by Gasteiger charge is 2.37. The van der Waals surface area contributed by atoms with E-state index in [0.29, 0.717) is 65.3 Å². The number of carboxylic acid groups (broad SMARTS) is 1. The van der Waals surface area contributed by atoms with E-state index in [9.17, 15) is 24.3 Å². The number of halogens is 1. The molecule has 1 saturated heterocycles. The van der Waals surface area contributed by atoms with Crippen molar-refractivity contribution in [2.45, 2.75) is 31.7 Å². The highest BCUT2D eigenvalue weighted by molar-refractivity contribution is 6.30. The lowest BCUT2D eigenvalue weighted by atomic mass is 9.90. The highest BCUT2D eigenvalue weighted by atomic mass is 35.5. The molecule has 1 atom stereocenters. The van der Waals surface area contributed by atoms with Gasteiger partial charge in [0.25, 0.3) is 5.91 Å². The summed E-state index contributed by atoms with van der Waals surface area (Å²) in [6, 6.07) is 15.4. The summed E-state index contributed by atoms with van der Waals surface area (Å²) < 4.78 is 12.6. The zero-order valence-electron chi connectivity index (χ0n) is 27.8. The monoisotopic (exact) mass is 713 g/mol. The number of carbonyl (C=O) groups is 4. The van der Waals surface area contributed by atoms with Crippen LogP contribution < -0.4 is 10.1 Å². The molecule has 14 nitrogen and oxygen atoms in total. The van der Waals surface area contributed by atoms with Crippen LogP contribution in [0.4, 0.5) is 10.5 Å². The number of tetrazole rings is 1. The lowest BCUT2D eigenvalue weighted by molar-refractivity contribution is -0.135. The van der Waals surface area contributed by atoms with Gasteiger partial charge in [-0.25, -0.2) is 9.59 Å². The van der Waals surface area contributed by atoms with Crippen LogP contribution in [0.25, 0.3) is 11.8 Å². The van der Waals surface area contributed by atoms with Gasteiger partial charge in [0, 0.05) is 47.5 Å². The average molecular weight is 714 g/mol. The molecule has 2 N–H and O–H groups in total. The molecule has 0 spiro atoms. The minimum atomic E-state index is -1.08. The maximum absolute atomic E-state index is 14.1. The number of ether oxygens (including phenoxy) is 2. The van der Waals surface area contributed by atoms with Crippen molar-refractivity contribution in [3.63, 3.8) is 0 Å². The Morgan fingerprint density at radius 1 is 1.04 bits per heavy atom. The second-order valence-corrected chi connectivity index (χ2v) is 12.6. The Bertz CT molecular complexity index is 1930. The standard InChI is InChI=1S/C36H36ClN7O7/c1-50-36(49)42-17-13-23(14-18-42)16-20-51-31-4-2-3-29-28(31)15-19-43(33(29)34(46)39-27-9-5-24(6-10-27)35(47)48)32(45)12-7-25-21-26(37)8-11-30(25)44-22-38-40-41-44/h2-12,21-23,33H,13-20H2,1H3,(H,39,46)(H,47,48)/b12-7+. The van der Waals surface area contributed by atoms with Gasteiger partial charge in [-0.2, -0.15) is 4.68 Å². The van der Waals surface area contributed by atoms with Gasteiger partial charge in [-0.3, -0.25) is 9.59 Å². The number of likely N-dealkylation sites (tertiary alicyclic amines) is 1. The van der Waals surface area contributed by atoms with Crippen molar-refractivity contribution in [1.29, 1.82) is 0 Å². The largest absolute Gasteiger partial charge is 0.493 e. The minimum absolute atomic E-state index is 0.0795. The van der Waals surface area contributed by atoms with Crippen LogP contribution in [0, 0.1) is 5.92 Å². The van der Waals surface area contributed by atoms with Crippen LogP contribution in [0.5, 0.6) is 5.75 Å². The molecule has 0 saturated carbocycles. The van der Waals surface area contributed by atoms with E-state index in [1.807, 2.05) is 12.1 Å². The zero-order valence-corrected chi connectivity index (χ0v) is 28.5. The van der Waals surface area contributed by atoms with Crippen LogP contribution in [0.1, 0.15) is 52.4 Å². The number of aromatic carboxylic acids is 1. The number of fused-ring (bicyclic) bond motifs is 1. The van der Waals surface area contributed by atoms with Gasteiger partial charge in [-0.1, -0.05) is 23.7 Å². The van der Waals surface area contributed by atoms with Crippen molar-refractivity contribution < 1.29 is 33.8 Å². The van der Waals surface area contributed by atoms with E-state index in [0.717, 1.165) is 24.8 Å². The molecule has 4 aromatic rings. The number of hydrogen-bond donors (Lipinski definition) is 2. The summed E-state index contributed by atoms with van der Waals surface area (Å²) >= 11 is 6.28. The third-order valence-electron chi connectivity index (χ3n) is 9.13. The molecule has 264 valence electrons. The van der Waals surface area contributed by atoms with Gasteiger partial charge in [0.15, 0.2) is 0 Å². The quantitative estimate of drug-likeness (QED) is 0.212. The molecule has 3 amide bonds. The Morgan fingerprint density at radius 3 is 2.53 bits per heavy atom. The predicted octanol–water partition coefficient (Wildman–Crippen LogP) is 5.04. The number of nitrogens with zero attached hydrogens (tertiary/aromatic N) is 6. The lowest BCUT2D eigenvalue weighted by Gasteiger charge is -2.36. The molecule has 2 aliphatic heterocycles. The first-order chi connectivity index (χ1) is 24.7. The highest BCUT2D eigenvalue weighted by Crippen LogP contribution is 2.37. The van der Waals surface area contributed by atoms with Crippen LogP contribution in [-0.4, -0.2) is 92.3 Å². The van der Waals surface area contributed by atoms with Crippen LogP contribution in [0.15, 0.2) is 73.1 Å². The summed E-state index contributed by atoms with van der Waals surface area (Å²) in [6.07, 6.45) is 7.09. The molecular formula is C36H36ClN7O7. The van der Waals surface area contributed by atoms with Crippen molar-refractivity contribution >= 4 is 47.2 Å². The second-order valence-electron chi connectivity index (χ2n) is 12.2. The fourth-order valence-corrected chi connectivity index (χ4v) is 6.64. The number of benzene rings is 3. The first-order valence-corrected chi connectivity index (χ1v) is 16.8. The topological polar surface area (TPSA) is 169 Å². The van der Waals surface area contributed by atoms with Crippen LogP contribution >= 0.6 is 11.6 Å². The molecule has 3 aromatic carbocycles. The van der Waals surface area contributed by atoms with Crippen molar-refractivity contribution in [3.05, 3.63) is 100 Å². The van der Waals surface area contributed by atoms with Gasteiger partial charge in [0.2, 0.25) is 5.91 Å². The predicted molar refractivity (Wildman–Crippen MR) is 187 cm³/mol. The molecule has 0 bridgehead atoms. The third-order valence-corrected chi connectivity index (χ3v) is 9.37. The summed E-state index contributed by atoms with van der Waals surface area (Å²) in [6.45, 7) is 1.97. The number of carboxylic acids is 1. The second kappa shape index (κ2) is 15.9. The van der Waals surface area contributed by atoms with E-state index in [4.69, 9.17) is 21.1 Å². The van der Waals surface area contributed by atoms with Gasteiger partial charge in [0.05, 0.1) is 25.0 Å². The van der Waals surface area contributed by atoms with E-state index < -0.39 is 23.8 Å². The molecule has 1 unspecified atom stereocenters. The van der Waals surface area contributed by atoms with Crippen LogP contribution in [0.3, 0.4) is 0 Å². The minimum Gasteiger partial charge on any atom is -0.493 e. The molecule has 0 aliphatic carbocycles. The normalized spacial score (nSPS) is 16.1. The maximum Gasteiger partial charge on any atom is 0.409 e. The van der Waals surface area contributed by atoms with Gasteiger partial charge < -0.3 is 29.7 Å². The summed E-state index contributed by atoms with van der Waals surface area (Å²) in [5.74, 6) is -0.908. The number of rotatable bonds is 10. The Balaban J connectivity index is 1.23.